The van der Waals surface area contributed by atoms with E-state index < -0.39 is 15.3 Å². The van der Waals surface area contributed by atoms with Crippen molar-refractivity contribution in [1.82, 2.24) is 9.80 Å². The van der Waals surface area contributed by atoms with Gasteiger partial charge in [0.05, 0.1) is 10.3 Å². The van der Waals surface area contributed by atoms with Crippen molar-refractivity contribution in [2.24, 2.45) is 0 Å². The molecule has 1 aliphatic rings. The van der Waals surface area contributed by atoms with Crippen molar-refractivity contribution >= 4 is 21.7 Å². The number of sulfone groups is 1. The van der Waals surface area contributed by atoms with Crippen LogP contribution >= 0.6 is 0 Å². The molecule has 0 radical (unpaired) electrons. The summed E-state index contributed by atoms with van der Waals surface area (Å²) in [7, 11) is -3.39. The van der Waals surface area contributed by atoms with E-state index in [2.05, 4.69) is 0 Å². The third-order valence-electron chi connectivity index (χ3n) is 5.75. The predicted molar refractivity (Wildman–Crippen MR) is 116 cm³/mol. The molecule has 1 saturated heterocycles. The van der Waals surface area contributed by atoms with E-state index in [-0.39, 0.29) is 16.7 Å². The van der Waals surface area contributed by atoms with Gasteiger partial charge in [-0.3, -0.25) is 9.59 Å². The maximum absolute atomic E-state index is 13.1. The Morgan fingerprint density at radius 1 is 0.900 bits per heavy atom. The average molecular weight is 429 g/mol. The van der Waals surface area contributed by atoms with Gasteiger partial charge < -0.3 is 9.80 Å². The van der Waals surface area contributed by atoms with Gasteiger partial charge >= 0.3 is 0 Å². The summed E-state index contributed by atoms with van der Waals surface area (Å²) in [5.74, 6) is -0.163. The second-order valence-electron chi connectivity index (χ2n) is 8.32. The predicted octanol–water partition coefficient (Wildman–Crippen LogP) is 2.66. The monoisotopic (exact) mass is 428 g/mol. The Labute approximate surface area is 178 Å². The zero-order valence-corrected chi connectivity index (χ0v) is 18.7. The first-order valence-corrected chi connectivity index (χ1v) is 11.9. The van der Waals surface area contributed by atoms with Gasteiger partial charge in [0.2, 0.25) is 5.91 Å². The largest absolute Gasteiger partial charge is 0.338 e. The maximum atomic E-state index is 13.1. The van der Waals surface area contributed by atoms with Crippen molar-refractivity contribution < 1.29 is 18.0 Å². The highest BCUT2D eigenvalue weighted by Gasteiger charge is 2.35. The highest BCUT2D eigenvalue weighted by molar-refractivity contribution is 7.90. The molecule has 0 unspecified atom stereocenters. The molecule has 1 fully saturated rings. The van der Waals surface area contributed by atoms with Gasteiger partial charge in [-0.15, -0.1) is 0 Å². The maximum Gasteiger partial charge on any atom is 0.254 e. The lowest BCUT2D eigenvalue weighted by atomic mass is 9.83. The summed E-state index contributed by atoms with van der Waals surface area (Å²) in [5, 5.41) is 0. The third kappa shape index (κ3) is 4.41. The van der Waals surface area contributed by atoms with Crippen molar-refractivity contribution in [2.45, 2.75) is 31.1 Å². The Kier molecular flexibility index (Phi) is 6.04. The van der Waals surface area contributed by atoms with E-state index in [1.165, 1.54) is 12.1 Å². The van der Waals surface area contributed by atoms with Crippen molar-refractivity contribution in [3.8, 4) is 0 Å². The van der Waals surface area contributed by atoms with Gasteiger partial charge in [-0.05, 0) is 44.0 Å². The molecule has 0 atom stereocenters. The van der Waals surface area contributed by atoms with Crippen molar-refractivity contribution in [1.29, 1.82) is 0 Å². The number of piperazine rings is 1. The number of aryl methyl sites for hydroxylation is 1. The molecule has 2 aromatic rings. The Hall–Kier alpha value is -2.67. The van der Waals surface area contributed by atoms with Crippen LogP contribution in [0.5, 0.6) is 0 Å². The van der Waals surface area contributed by atoms with Crippen LogP contribution in [-0.2, 0) is 20.0 Å². The molecule has 3 rings (SSSR count). The van der Waals surface area contributed by atoms with E-state index in [1.807, 2.05) is 44.2 Å². The number of carbonyl (C=O) groups is 2. The van der Waals surface area contributed by atoms with Crippen molar-refractivity contribution in [3.63, 3.8) is 0 Å². The average Bonchev–Trinajstić information content (AvgIpc) is 2.73. The van der Waals surface area contributed by atoms with Gasteiger partial charge in [0.25, 0.3) is 5.91 Å². The minimum atomic E-state index is -3.39. The molecule has 0 N–H and O–H groups in total. The molecule has 0 aromatic heterocycles. The molecule has 0 bridgehead atoms. The molecular formula is C23H28N2O4S. The highest BCUT2D eigenvalue weighted by Crippen LogP contribution is 2.26. The molecule has 30 heavy (non-hydrogen) atoms. The second kappa shape index (κ2) is 8.22. The summed E-state index contributed by atoms with van der Waals surface area (Å²) in [6.07, 6.45) is 1.13. The van der Waals surface area contributed by atoms with Crippen LogP contribution in [0, 0.1) is 6.92 Å². The van der Waals surface area contributed by atoms with Gasteiger partial charge in [0.15, 0.2) is 9.84 Å². The number of nitrogens with zero attached hydrogens (tertiary/aromatic N) is 2. The van der Waals surface area contributed by atoms with Gasteiger partial charge in [0.1, 0.15) is 0 Å². The topological polar surface area (TPSA) is 74.8 Å². The molecule has 0 saturated carbocycles. The summed E-state index contributed by atoms with van der Waals surface area (Å²) < 4.78 is 23.7. The molecule has 2 aromatic carbocycles. The van der Waals surface area contributed by atoms with E-state index in [9.17, 15) is 18.0 Å². The Balaban J connectivity index is 1.71. The first-order chi connectivity index (χ1) is 14.0. The third-order valence-corrected chi connectivity index (χ3v) is 6.86. The van der Waals surface area contributed by atoms with Crippen LogP contribution < -0.4 is 0 Å². The molecule has 160 valence electrons. The molecule has 2 amide bonds. The smallest absolute Gasteiger partial charge is 0.254 e. The number of carbonyl (C=O) groups excluding carboxylic acids is 2. The molecular weight excluding hydrogens is 400 g/mol. The lowest BCUT2D eigenvalue weighted by molar-refractivity contribution is -0.137. The van der Waals surface area contributed by atoms with E-state index >= 15 is 0 Å². The fraction of sp³-hybridized carbons (Fsp3) is 0.391. The zero-order chi connectivity index (χ0) is 22.1. The molecule has 0 aliphatic carbocycles. The molecule has 7 heteroatoms. The zero-order valence-electron chi connectivity index (χ0n) is 17.9. The molecule has 1 aliphatic heterocycles. The minimum absolute atomic E-state index is 0.0380. The molecule has 0 spiro atoms. The van der Waals surface area contributed by atoms with Gasteiger partial charge in [0, 0.05) is 38.0 Å². The number of benzene rings is 2. The first kappa shape index (κ1) is 22.0. The summed E-state index contributed by atoms with van der Waals surface area (Å²) in [4.78, 5) is 29.8. The Morgan fingerprint density at radius 3 is 2.03 bits per heavy atom. The van der Waals surface area contributed by atoms with Crippen LogP contribution in [0.1, 0.15) is 35.3 Å². The first-order valence-electron chi connectivity index (χ1n) is 9.96. The summed E-state index contributed by atoms with van der Waals surface area (Å²) in [5.41, 5.74) is 1.44. The Morgan fingerprint density at radius 2 is 1.47 bits per heavy atom. The fourth-order valence-corrected chi connectivity index (χ4v) is 4.37. The van der Waals surface area contributed by atoms with Crippen LogP contribution in [0.15, 0.2) is 53.4 Å². The lowest BCUT2D eigenvalue weighted by Crippen LogP contribution is -2.54. The van der Waals surface area contributed by atoms with Gasteiger partial charge in [-0.1, -0.05) is 36.4 Å². The van der Waals surface area contributed by atoms with Gasteiger partial charge in [-0.2, -0.15) is 0 Å². The lowest BCUT2D eigenvalue weighted by Gasteiger charge is -2.39. The van der Waals surface area contributed by atoms with Crippen LogP contribution in [0.2, 0.25) is 0 Å². The van der Waals surface area contributed by atoms with E-state index in [1.54, 1.807) is 22.8 Å². The SMILES string of the molecule is Cc1ccc(S(C)(=O)=O)cc1C(=O)N1CCN(C(=O)C(C)(C)c2ccccc2)CC1. The normalized spacial score (nSPS) is 15.2. The van der Waals surface area contributed by atoms with Crippen molar-refractivity contribution in [3.05, 3.63) is 65.2 Å². The summed E-state index contributed by atoms with van der Waals surface area (Å²) in [6, 6.07) is 14.3. The fourth-order valence-electron chi connectivity index (χ4n) is 3.72. The van der Waals surface area contributed by atoms with Gasteiger partial charge in [-0.25, -0.2) is 8.42 Å². The van der Waals surface area contributed by atoms with Crippen molar-refractivity contribution in [2.75, 3.05) is 32.4 Å². The second-order valence-corrected chi connectivity index (χ2v) is 10.3. The quantitative estimate of drug-likeness (QED) is 0.750. The minimum Gasteiger partial charge on any atom is -0.338 e. The summed E-state index contributed by atoms with van der Waals surface area (Å²) in [6.45, 7) is 7.36. The van der Waals surface area contributed by atoms with Crippen LogP contribution in [0.3, 0.4) is 0 Å². The summed E-state index contributed by atoms with van der Waals surface area (Å²) >= 11 is 0. The number of rotatable bonds is 4. The molecule has 1 heterocycles. The van der Waals surface area contributed by atoms with Crippen LogP contribution in [0.4, 0.5) is 0 Å². The molecule has 6 nitrogen and oxygen atoms in total. The Bertz CT molecular complexity index is 1050. The van der Waals surface area contributed by atoms with E-state index in [0.717, 1.165) is 17.4 Å². The standard InChI is InChI=1S/C23H28N2O4S/c1-17-10-11-19(30(4,28)29)16-20(17)21(26)24-12-14-25(15-13-24)22(27)23(2,3)18-8-6-5-7-9-18/h5-11,16H,12-15H2,1-4H3. The van der Waals surface area contributed by atoms with Crippen LogP contribution in [-0.4, -0.2) is 62.5 Å². The number of hydrogen-bond donors (Lipinski definition) is 0. The van der Waals surface area contributed by atoms with Crippen LogP contribution in [0.25, 0.3) is 0 Å². The van der Waals surface area contributed by atoms with E-state index in [0.29, 0.717) is 31.7 Å². The number of amides is 2. The van der Waals surface area contributed by atoms with E-state index in [4.69, 9.17) is 0 Å². The highest BCUT2D eigenvalue weighted by atomic mass is 32.2. The number of hydrogen-bond acceptors (Lipinski definition) is 4.